The minimum Gasteiger partial charge on any atom is -0.508 e. The average Bonchev–Trinajstić information content (AvgIpc) is 0.770. The Kier molecular flexibility index (Phi) is 31.8. The van der Waals surface area contributed by atoms with E-state index in [1.807, 2.05) is 36.4 Å². The van der Waals surface area contributed by atoms with E-state index < -0.39 is 292 Å². The summed E-state index contributed by atoms with van der Waals surface area (Å²) in [7, 11) is 0. The van der Waals surface area contributed by atoms with Crippen molar-refractivity contribution in [2.45, 2.75) is 227 Å². The van der Waals surface area contributed by atoms with Crippen LogP contribution in [0.4, 0.5) is 0 Å². The molecule has 3 fully saturated rings. The first-order chi connectivity index (χ1) is 63.1. The summed E-state index contributed by atoms with van der Waals surface area (Å²) < 4.78 is 58.9. The van der Waals surface area contributed by atoms with E-state index in [0.29, 0.717) is 11.4 Å². The van der Waals surface area contributed by atoms with E-state index in [4.69, 9.17) is 94.6 Å². The van der Waals surface area contributed by atoms with Crippen molar-refractivity contribution in [3.05, 3.63) is 176 Å². The lowest BCUT2D eigenvalue weighted by Gasteiger charge is -2.48. The Balaban J connectivity index is 1.02. The Morgan fingerprint density at radius 3 is 1.93 bits per heavy atom. The molecule has 15 rings (SSSR count). The second kappa shape index (κ2) is 42.4. The number of nitrogens with two attached hydrogens (primary N) is 3. The van der Waals surface area contributed by atoms with Gasteiger partial charge in [0.15, 0.2) is 54.4 Å². The number of halogens is 3. The number of phenols is 3. The van der Waals surface area contributed by atoms with Gasteiger partial charge < -0.3 is 143 Å². The number of aliphatic hydroxyl groups is 7. The molecule has 3 saturated heterocycles. The summed E-state index contributed by atoms with van der Waals surface area (Å²) in [5, 5.41) is 134. The standard InChI is InChI=1S/C93H108Cl3N9O28/c1-7-45(25-41(2)107)86(120)104-76-62(111)29-52(32-69(98)113)87(121)102-74-51-30-66(128-64-21-16-49(78(76)115)27-58(64)95)82(133-91-83(80(117)79(116)68(39-106)130-91)132-72-37-93(6,85(119)43(4)127-72)101-38-44-9-11-46(12-10-44)47-13-18-53(94)19-14-47)67(31-51)129-65-22-17-50(28-59(65)96)81(131-71-36-92(5,99)84(118)42(3)126-71)77-89(123)103-75(90(124)125-40-70(114)100-24-8-23-97)57-33-54(108)34-61(110)73(57)56-26-48(15-20-60(56)109)55(35-63(74)112)88(122)105-77/h9-22,26-28,30-31,33-34,41-43,45,52,55,68,71-72,74-81,83-85,91,101,106-110,115-119H,7-8,23-25,29,32,35-40,97,99H2,1-6H3,(H2,98,113)(H,100,114)(H,102,121)(H,103,123)(H,104,120)(H,105,122). The Hall–Kier alpha value is -10.8. The van der Waals surface area contributed by atoms with Gasteiger partial charge in [-0.2, -0.15) is 0 Å². The zero-order valence-corrected chi connectivity index (χ0v) is 75.4. The molecule has 8 aliphatic heterocycles. The fourth-order valence-electron chi connectivity index (χ4n) is 17.3. The molecular formula is C93H108Cl3N9O28. The largest absolute Gasteiger partial charge is 0.508 e. The third kappa shape index (κ3) is 22.9. The maximum absolute atomic E-state index is 16.8. The number of benzene rings is 7. The predicted molar refractivity (Wildman–Crippen MR) is 476 cm³/mol. The number of fused-ring (bicyclic) bond motifs is 15. The Labute approximate surface area is 778 Å². The van der Waals surface area contributed by atoms with Gasteiger partial charge in [0.2, 0.25) is 41.6 Å². The number of amides is 6. The van der Waals surface area contributed by atoms with E-state index in [2.05, 4.69) is 31.9 Å². The molecule has 7 aromatic carbocycles. The molecule has 11 bridgehead atoms. The first kappa shape index (κ1) is 99.7. The number of aliphatic hydroxyl groups excluding tert-OH is 7. The number of hydrogen-bond donors (Lipinski definition) is 19. The van der Waals surface area contributed by atoms with Crippen molar-refractivity contribution < 1.29 is 137 Å². The molecule has 0 aliphatic carbocycles. The highest BCUT2D eigenvalue weighted by molar-refractivity contribution is 6.32. The number of hydrogen-bond acceptors (Lipinski definition) is 31. The Morgan fingerprint density at radius 2 is 1.31 bits per heavy atom. The molecule has 0 aromatic heterocycles. The van der Waals surface area contributed by atoms with Crippen molar-refractivity contribution in [1.29, 1.82) is 0 Å². The zero-order valence-electron chi connectivity index (χ0n) is 73.1. The first-order valence-corrected chi connectivity index (χ1v) is 44.5. The van der Waals surface area contributed by atoms with E-state index in [9.17, 15) is 65.4 Å². The molecule has 8 heterocycles. The van der Waals surface area contributed by atoms with Crippen LogP contribution in [0, 0.1) is 11.8 Å². The van der Waals surface area contributed by atoms with Crippen LogP contribution in [0.5, 0.6) is 46.0 Å². The molecule has 6 amide bonds. The van der Waals surface area contributed by atoms with Crippen LogP contribution in [-0.2, 0) is 78.1 Å². The maximum atomic E-state index is 16.8. The van der Waals surface area contributed by atoms with Crippen LogP contribution in [-0.4, -0.2) is 227 Å². The highest BCUT2D eigenvalue weighted by Gasteiger charge is 2.53. The van der Waals surface area contributed by atoms with Crippen molar-refractivity contribution in [2.24, 2.45) is 29.0 Å². The summed E-state index contributed by atoms with van der Waals surface area (Å²) in [5.41, 5.74) is 15.6. The molecule has 7 aromatic rings. The summed E-state index contributed by atoms with van der Waals surface area (Å²) in [6, 6.07) is 20.6. The molecule has 0 spiro atoms. The summed E-state index contributed by atoms with van der Waals surface area (Å²) in [5.74, 6) is -20.6. The fourth-order valence-corrected chi connectivity index (χ4v) is 17.9. The van der Waals surface area contributed by atoms with E-state index in [-0.39, 0.29) is 72.8 Å². The number of nitrogens with one attached hydrogen (secondary N) is 6. The number of esters is 1. The number of carbonyl (C=O) groups excluding carboxylic acids is 9. The van der Waals surface area contributed by atoms with Gasteiger partial charge in [0.05, 0.1) is 59.0 Å². The van der Waals surface area contributed by atoms with E-state index in [1.54, 1.807) is 32.9 Å². The molecular weight excluding hydrogens is 1800 g/mol. The number of phenolic OH excluding ortho intramolecular Hbond substituents is 3. The first-order valence-electron chi connectivity index (χ1n) is 43.4. The van der Waals surface area contributed by atoms with Gasteiger partial charge in [-0.15, -0.1) is 0 Å². The van der Waals surface area contributed by atoms with E-state index in [0.717, 1.165) is 65.2 Å². The molecule has 40 heteroatoms. The number of ketones is 2. The van der Waals surface area contributed by atoms with Crippen LogP contribution in [0.3, 0.4) is 0 Å². The van der Waals surface area contributed by atoms with E-state index in [1.165, 1.54) is 51.1 Å². The molecule has 133 heavy (non-hydrogen) atoms. The van der Waals surface area contributed by atoms with Crippen molar-refractivity contribution in [3.8, 4) is 68.2 Å². The third-order valence-corrected chi connectivity index (χ3v) is 25.5. The molecule has 37 nitrogen and oxygen atoms in total. The Bertz CT molecular complexity index is 5490. The van der Waals surface area contributed by atoms with Crippen LogP contribution in [0.15, 0.2) is 127 Å². The number of Topliss-reactive ketones (excluding diaryl/α,β-unsaturated/α-hetero) is 2. The normalized spacial score (nSPS) is 28.9. The number of aromatic hydroxyl groups is 3. The van der Waals surface area contributed by atoms with Gasteiger partial charge in [-0.25, -0.2) is 4.79 Å². The minimum atomic E-state index is -2.29. The van der Waals surface area contributed by atoms with Gasteiger partial charge in [-0.3, -0.25) is 38.4 Å². The van der Waals surface area contributed by atoms with Crippen LogP contribution in [0.1, 0.15) is 156 Å². The highest BCUT2D eigenvalue weighted by Crippen LogP contribution is 2.51. The minimum absolute atomic E-state index is 0.0408. The summed E-state index contributed by atoms with van der Waals surface area (Å²) in [6.07, 6.45) is -26.2. The summed E-state index contributed by atoms with van der Waals surface area (Å²) in [6.45, 7) is 7.68. The molecule has 0 saturated carbocycles. The number of rotatable bonds is 24. The lowest BCUT2D eigenvalue weighted by molar-refractivity contribution is -0.334. The van der Waals surface area contributed by atoms with Crippen molar-refractivity contribution in [3.63, 3.8) is 0 Å². The molecule has 23 unspecified atom stereocenters. The fraction of sp³-hybridized carbons (Fsp3) is 0.452. The van der Waals surface area contributed by atoms with Crippen LogP contribution < -0.4 is 63.3 Å². The van der Waals surface area contributed by atoms with Crippen LogP contribution in [0.25, 0.3) is 22.3 Å². The quantitative estimate of drug-likeness (QED) is 0.0260. The van der Waals surface area contributed by atoms with Crippen molar-refractivity contribution >= 4 is 87.8 Å². The molecule has 0 radical (unpaired) electrons. The van der Waals surface area contributed by atoms with Crippen LogP contribution in [0.2, 0.25) is 15.1 Å². The van der Waals surface area contributed by atoms with E-state index >= 15 is 28.8 Å². The molecule has 714 valence electrons. The molecule has 23 atom stereocenters. The average molecular weight is 1910 g/mol. The summed E-state index contributed by atoms with van der Waals surface area (Å²) >= 11 is 21.0. The second-order valence-electron chi connectivity index (χ2n) is 34.8. The monoisotopic (exact) mass is 1900 g/mol. The molecule has 22 N–H and O–H groups in total. The second-order valence-corrected chi connectivity index (χ2v) is 36.0. The van der Waals surface area contributed by atoms with Gasteiger partial charge in [0.1, 0.15) is 77.4 Å². The highest BCUT2D eigenvalue weighted by atomic mass is 35.5. The Morgan fingerprint density at radius 1 is 0.677 bits per heavy atom. The lowest BCUT2D eigenvalue weighted by Crippen LogP contribution is -2.65. The SMILES string of the molecule is CCC(CC(C)O)C(=O)NC1C(=O)CC(CC(N)=O)C(=O)NC2C(=O)CC3C(=O)NC(C(=O)NC(C(=O)OCC(=O)NCCCN)c4cc(O)cc(O)c4-c4cc3ccc4O)C(OC3CC(C)(N)C(O)C(C)O3)c3ccc(c(Cl)c3)Oc3cc2cc(c3OC2OC(CO)C(O)C(O)C2OC2CC(C)(NCc3ccc(-c4ccc(Cl)cc4)cc3)C(O)C(C)O2)Oc2ccc(cc2Cl)C1O. The third-order valence-electron chi connectivity index (χ3n) is 24.7. The van der Waals surface area contributed by atoms with Gasteiger partial charge in [-0.1, -0.05) is 96.3 Å². The topological polar surface area (TPSA) is 589 Å². The van der Waals surface area contributed by atoms with Crippen molar-refractivity contribution in [2.75, 3.05) is 26.3 Å². The summed E-state index contributed by atoms with van der Waals surface area (Å²) in [4.78, 5) is 137. The number of primary amides is 1. The van der Waals surface area contributed by atoms with Gasteiger partial charge in [-0.05, 0) is 166 Å². The number of ether oxygens (including phenoxy) is 9. The van der Waals surface area contributed by atoms with Gasteiger partial charge in [0.25, 0.3) is 5.91 Å². The van der Waals surface area contributed by atoms with Crippen LogP contribution >= 0.6 is 34.8 Å². The predicted octanol–water partition coefficient (Wildman–Crippen LogP) is 5.56. The molecule has 8 aliphatic rings. The smallest absolute Gasteiger partial charge is 0.333 e. The lowest BCUT2D eigenvalue weighted by atomic mass is 9.84. The van der Waals surface area contributed by atoms with Gasteiger partial charge >= 0.3 is 5.97 Å². The van der Waals surface area contributed by atoms with Crippen molar-refractivity contribution in [1.82, 2.24) is 31.9 Å². The maximum Gasteiger partial charge on any atom is 0.333 e. The zero-order chi connectivity index (χ0) is 96.1. The number of carbonyl (C=O) groups is 9. The van der Waals surface area contributed by atoms with Gasteiger partial charge in [0, 0.05) is 90.0 Å².